The minimum absolute atomic E-state index is 0.386. The zero-order chi connectivity index (χ0) is 8.59. The smallest absolute Gasteiger partial charge is 0.00133 e. The third-order valence-corrected chi connectivity index (χ3v) is 3.65. The van der Waals surface area contributed by atoms with Crippen LogP contribution in [0, 0.1) is 23.7 Å². The lowest BCUT2D eigenvalue weighted by atomic mass is 9.57. The van der Waals surface area contributed by atoms with Crippen molar-refractivity contribution in [1.29, 1.82) is 0 Å². The summed E-state index contributed by atoms with van der Waals surface area (Å²) in [5, 5.41) is 0. The summed E-state index contributed by atoms with van der Waals surface area (Å²) in [7, 11) is 0. The Balaban J connectivity index is 2.37. The van der Waals surface area contributed by atoms with Gasteiger partial charge in [-0.1, -0.05) is 20.8 Å². The summed E-state index contributed by atoms with van der Waals surface area (Å²) in [5.74, 6) is 3.61. The van der Waals surface area contributed by atoms with Gasteiger partial charge in [0.25, 0.3) is 0 Å². The molecule has 0 aliphatic heterocycles. The Bertz CT molecular complexity index is 121. The largest absolute Gasteiger partial charge is 0.328 e. The van der Waals surface area contributed by atoms with Crippen molar-refractivity contribution in [3.05, 3.63) is 0 Å². The Morgan fingerprint density at radius 3 is 1.91 bits per heavy atom. The second-order valence-electron chi connectivity index (χ2n) is 4.45. The van der Waals surface area contributed by atoms with Gasteiger partial charge in [-0.25, -0.2) is 0 Å². The molecule has 0 aromatic carbocycles. The molecule has 0 radical (unpaired) electrons. The molecule has 0 amide bonds. The third-order valence-electron chi connectivity index (χ3n) is 3.65. The van der Waals surface area contributed by atoms with E-state index in [1.807, 2.05) is 0 Å². The van der Waals surface area contributed by atoms with Crippen LogP contribution in [-0.2, 0) is 0 Å². The zero-order valence-corrected chi connectivity index (χ0v) is 8.17. The fourth-order valence-electron chi connectivity index (χ4n) is 2.45. The molecular weight excluding hydrogens is 134 g/mol. The van der Waals surface area contributed by atoms with Crippen molar-refractivity contribution < 1.29 is 0 Å². The van der Waals surface area contributed by atoms with Gasteiger partial charge in [0.2, 0.25) is 0 Å². The van der Waals surface area contributed by atoms with Gasteiger partial charge in [-0.05, 0) is 37.0 Å². The molecule has 2 N–H and O–H groups in total. The van der Waals surface area contributed by atoms with E-state index in [4.69, 9.17) is 5.73 Å². The van der Waals surface area contributed by atoms with Crippen LogP contribution in [0.25, 0.3) is 0 Å². The van der Waals surface area contributed by atoms with Gasteiger partial charge >= 0.3 is 0 Å². The van der Waals surface area contributed by atoms with E-state index in [2.05, 4.69) is 27.7 Å². The molecule has 1 saturated carbocycles. The summed E-state index contributed by atoms with van der Waals surface area (Å²) in [6.07, 6.45) is 1.21. The normalized spacial score (nSPS) is 46.6. The molecular formula is C10H21N. The molecule has 1 rings (SSSR count). The van der Waals surface area contributed by atoms with Gasteiger partial charge in [0, 0.05) is 6.04 Å². The van der Waals surface area contributed by atoms with Crippen molar-refractivity contribution in [3.63, 3.8) is 0 Å². The highest BCUT2D eigenvalue weighted by molar-refractivity contribution is 4.90. The Morgan fingerprint density at radius 1 is 1.09 bits per heavy atom. The molecule has 1 aliphatic rings. The molecule has 0 bridgehead atoms. The highest BCUT2D eigenvalue weighted by Gasteiger charge is 2.41. The number of hydrogen-bond acceptors (Lipinski definition) is 1. The molecule has 1 fully saturated rings. The monoisotopic (exact) mass is 155 g/mol. The number of rotatable bonds is 2. The molecule has 0 aromatic rings. The summed E-state index contributed by atoms with van der Waals surface area (Å²) in [6, 6.07) is 0.386. The van der Waals surface area contributed by atoms with Gasteiger partial charge < -0.3 is 5.73 Å². The van der Waals surface area contributed by atoms with E-state index in [1.165, 1.54) is 6.42 Å². The van der Waals surface area contributed by atoms with Crippen LogP contribution >= 0.6 is 0 Å². The van der Waals surface area contributed by atoms with Crippen molar-refractivity contribution in [2.24, 2.45) is 29.4 Å². The SMILES string of the molecule is CC(N)CC1C(C)C(C)C1C. The predicted molar refractivity (Wildman–Crippen MR) is 49.2 cm³/mol. The van der Waals surface area contributed by atoms with E-state index in [0.29, 0.717) is 6.04 Å². The Labute approximate surface area is 70.4 Å². The van der Waals surface area contributed by atoms with Gasteiger partial charge in [0.15, 0.2) is 0 Å². The second-order valence-corrected chi connectivity index (χ2v) is 4.45. The molecule has 1 nitrogen and oxygen atoms in total. The molecule has 1 aliphatic carbocycles. The van der Waals surface area contributed by atoms with Crippen molar-refractivity contribution in [2.75, 3.05) is 0 Å². The summed E-state index contributed by atoms with van der Waals surface area (Å²) in [4.78, 5) is 0. The first-order valence-corrected chi connectivity index (χ1v) is 4.79. The van der Waals surface area contributed by atoms with E-state index in [-0.39, 0.29) is 0 Å². The van der Waals surface area contributed by atoms with Gasteiger partial charge in [-0.3, -0.25) is 0 Å². The van der Waals surface area contributed by atoms with Crippen LogP contribution in [0.15, 0.2) is 0 Å². The van der Waals surface area contributed by atoms with Crippen molar-refractivity contribution in [1.82, 2.24) is 0 Å². The highest BCUT2D eigenvalue weighted by Crippen LogP contribution is 2.47. The molecule has 0 spiro atoms. The average molecular weight is 155 g/mol. The van der Waals surface area contributed by atoms with Crippen LogP contribution in [-0.4, -0.2) is 6.04 Å². The van der Waals surface area contributed by atoms with Crippen LogP contribution < -0.4 is 5.73 Å². The first-order chi connectivity index (χ1) is 5.04. The first kappa shape index (κ1) is 9.05. The van der Waals surface area contributed by atoms with Crippen molar-refractivity contribution in [2.45, 2.75) is 40.2 Å². The van der Waals surface area contributed by atoms with Crippen molar-refractivity contribution >= 4 is 0 Å². The predicted octanol–water partition coefficient (Wildman–Crippen LogP) is 2.26. The Hall–Kier alpha value is -0.0400. The van der Waals surface area contributed by atoms with Gasteiger partial charge in [0.1, 0.15) is 0 Å². The minimum atomic E-state index is 0.386. The van der Waals surface area contributed by atoms with Crippen LogP contribution in [0.5, 0.6) is 0 Å². The lowest BCUT2D eigenvalue weighted by Gasteiger charge is -2.48. The molecule has 3 atom stereocenters. The molecule has 0 aromatic heterocycles. The molecule has 11 heavy (non-hydrogen) atoms. The van der Waals surface area contributed by atoms with E-state index in [0.717, 1.165) is 23.7 Å². The summed E-state index contributed by atoms with van der Waals surface area (Å²) in [6.45, 7) is 9.19. The lowest BCUT2D eigenvalue weighted by Crippen LogP contribution is -2.44. The van der Waals surface area contributed by atoms with Crippen LogP contribution in [0.3, 0.4) is 0 Å². The summed E-state index contributed by atoms with van der Waals surface area (Å²) >= 11 is 0. The fourth-order valence-corrected chi connectivity index (χ4v) is 2.45. The topological polar surface area (TPSA) is 26.0 Å². The number of nitrogens with two attached hydrogens (primary N) is 1. The summed E-state index contributed by atoms with van der Waals surface area (Å²) in [5.41, 5.74) is 5.77. The Kier molecular flexibility index (Phi) is 2.58. The molecule has 1 heteroatoms. The van der Waals surface area contributed by atoms with E-state index in [9.17, 15) is 0 Å². The molecule has 66 valence electrons. The van der Waals surface area contributed by atoms with Gasteiger partial charge in [-0.2, -0.15) is 0 Å². The maximum atomic E-state index is 5.77. The fraction of sp³-hybridized carbons (Fsp3) is 1.00. The van der Waals surface area contributed by atoms with E-state index < -0.39 is 0 Å². The lowest BCUT2D eigenvalue weighted by molar-refractivity contribution is 0.00621. The standard InChI is InChI=1S/C10H21N/c1-6(11)5-10-8(3)7(2)9(10)4/h6-10H,5,11H2,1-4H3. The quantitative estimate of drug-likeness (QED) is 0.650. The number of hydrogen-bond donors (Lipinski definition) is 1. The Morgan fingerprint density at radius 2 is 1.55 bits per heavy atom. The minimum Gasteiger partial charge on any atom is -0.328 e. The van der Waals surface area contributed by atoms with Gasteiger partial charge in [0.05, 0.1) is 0 Å². The van der Waals surface area contributed by atoms with Crippen molar-refractivity contribution in [3.8, 4) is 0 Å². The highest BCUT2D eigenvalue weighted by atomic mass is 14.6. The molecule has 0 heterocycles. The summed E-state index contributed by atoms with van der Waals surface area (Å²) < 4.78 is 0. The van der Waals surface area contributed by atoms with Crippen LogP contribution in [0.1, 0.15) is 34.1 Å². The van der Waals surface area contributed by atoms with E-state index in [1.54, 1.807) is 0 Å². The molecule has 0 saturated heterocycles. The average Bonchev–Trinajstić information content (AvgIpc) is 1.98. The maximum Gasteiger partial charge on any atom is 0.00133 e. The van der Waals surface area contributed by atoms with Gasteiger partial charge in [-0.15, -0.1) is 0 Å². The second kappa shape index (κ2) is 3.14. The maximum absolute atomic E-state index is 5.77. The zero-order valence-electron chi connectivity index (χ0n) is 8.17. The van der Waals surface area contributed by atoms with Crippen LogP contribution in [0.4, 0.5) is 0 Å². The molecule has 3 unspecified atom stereocenters. The first-order valence-electron chi connectivity index (χ1n) is 4.79. The van der Waals surface area contributed by atoms with E-state index >= 15 is 0 Å². The third kappa shape index (κ3) is 1.58. The van der Waals surface area contributed by atoms with Crippen LogP contribution in [0.2, 0.25) is 0 Å².